The maximum absolute atomic E-state index is 11.5. The van der Waals surface area contributed by atoms with Crippen LogP contribution in [0.25, 0.3) is 11.3 Å². The molecule has 0 bridgehead atoms. The second-order valence-corrected chi connectivity index (χ2v) is 11.3. The van der Waals surface area contributed by atoms with Crippen molar-refractivity contribution in [1.82, 2.24) is 10.1 Å². The molecule has 0 spiro atoms. The van der Waals surface area contributed by atoms with Gasteiger partial charge in [-0.05, 0) is 61.2 Å². The molecule has 10 heteroatoms. The zero-order chi connectivity index (χ0) is 27.1. The highest BCUT2D eigenvalue weighted by molar-refractivity contribution is 6.39. The van der Waals surface area contributed by atoms with Crippen molar-refractivity contribution in [2.75, 3.05) is 18.0 Å². The normalized spacial score (nSPS) is 19.1. The van der Waals surface area contributed by atoms with Crippen LogP contribution in [-0.4, -0.2) is 33.4 Å². The van der Waals surface area contributed by atoms with Crippen molar-refractivity contribution in [1.29, 1.82) is 0 Å². The lowest BCUT2D eigenvalue weighted by Gasteiger charge is -2.26. The Morgan fingerprint density at radius 2 is 1.85 bits per heavy atom. The van der Waals surface area contributed by atoms with Crippen molar-refractivity contribution in [3.8, 4) is 17.0 Å². The molecule has 39 heavy (non-hydrogen) atoms. The summed E-state index contributed by atoms with van der Waals surface area (Å²) in [5.41, 5.74) is 2.27. The smallest absolute Gasteiger partial charge is 0.147 e. The standard InChI is InChI=1S/C29H26Cl3N3O4/c30-22-2-1-3-23(31)26(22)27-20(28(39-34-27)18-4-5-18)15-38-19-6-7-21(24(32)13-19)29(37)9-11-35(16-29)25-12-17(14-36)8-10-33-25/h1-3,6-8,10,12-13,18,36-37H,4-5,9,11,14-16H2. The molecule has 3 heterocycles. The van der Waals surface area contributed by atoms with E-state index < -0.39 is 5.60 Å². The highest BCUT2D eigenvalue weighted by atomic mass is 35.5. The Balaban J connectivity index is 1.21. The van der Waals surface area contributed by atoms with Gasteiger partial charge in [-0.3, -0.25) is 0 Å². The molecule has 2 aromatic carbocycles. The Labute approximate surface area is 240 Å². The van der Waals surface area contributed by atoms with Crippen molar-refractivity contribution in [2.24, 2.45) is 0 Å². The average molecular weight is 587 g/mol. The largest absolute Gasteiger partial charge is 0.489 e. The van der Waals surface area contributed by atoms with E-state index in [1.54, 1.807) is 48.7 Å². The zero-order valence-electron chi connectivity index (χ0n) is 20.9. The fourth-order valence-electron chi connectivity index (χ4n) is 5.11. The first-order valence-corrected chi connectivity index (χ1v) is 13.9. The van der Waals surface area contributed by atoms with Crippen molar-refractivity contribution < 1.29 is 19.5 Å². The fraction of sp³-hybridized carbons (Fsp3) is 0.310. The molecule has 1 unspecified atom stereocenters. The second kappa shape index (κ2) is 10.6. The van der Waals surface area contributed by atoms with Crippen LogP contribution in [0.2, 0.25) is 15.1 Å². The molecule has 1 aliphatic heterocycles. The lowest BCUT2D eigenvalue weighted by Crippen LogP contribution is -2.31. The van der Waals surface area contributed by atoms with E-state index >= 15 is 0 Å². The number of aromatic nitrogens is 2. The van der Waals surface area contributed by atoms with Crippen molar-refractivity contribution in [2.45, 2.75) is 44.0 Å². The second-order valence-electron chi connectivity index (χ2n) is 10.1. The summed E-state index contributed by atoms with van der Waals surface area (Å²) in [5, 5.41) is 26.7. The molecule has 1 aliphatic carbocycles. The van der Waals surface area contributed by atoms with Gasteiger partial charge in [0.25, 0.3) is 0 Å². The van der Waals surface area contributed by atoms with Crippen LogP contribution in [0.4, 0.5) is 5.82 Å². The molecular weight excluding hydrogens is 561 g/mol. The van der Waals surface area contributed by atoms with E-state index in [1.807, 2.05) is 11.0 Å². The van der Waals surface area contributed by atoms with Crippen LogP contribution in [0.5, 0.6) is 5.75 Å². The van der Waals surface area contributed by atoms with E-state index in [4.69, 9.17) is 44.1 Å². The Morgan fingerprint density at radius 1 is 1.05 bits per heavy atom. The van der Waals surface area contributed by atoms with E-state index in [9.17, 15) is 10.2 Å². The van der Waals surface area contributed by atoms with Crippen LogP contribution in [-0.2, 0) is 18.8 Å². The van der Waals surface area contributed by atoms with Gasteiger partial charge in [0.1, 0.15) is 35.2 Å². The van der Waals surface area contributed by atoms with E-state index in [1.165, 1.54) is 0 Å². The van der Waals surface area contributed by atoms with Gasteiger partial charge in [0.05, 0.1) is 33.8 Å². The van der Waals surface area contributed by atoms with E-state index in [0.29, 0.717) is 68.9 Å². The van der Waals surface area contributed by atoms with E-state index in [2.05, 4.69) is 10.1 Å². The summed E-state index contributed by atoms with van der Waals surface area (Å²) in [6.07, 6.45) is 4.22. The van der Waals surface area contributed by atoms with Crippen LogP contribution < -0.4 is 9.64 Å². The number of ether oxygens (including phenoxy) is 1. The SMILES string of the molecule is OCc1ccnc(N2CCC(O)(c3ccc(OCc4c(-c5c(Cl)cccc5Cl)noc4C4CC4)cc3Cl)C2)c1. The van der Waals surface area contributed by atoms with Crippen LogP contribution >= 0.6 is 34.8 Å². The molecule has 2 aliphatic rings. The van der Waals surface area contributed by atoms with Crippen LogP contribution in [0.1, 0.15) is 47.6 Å². The lowest BCUT2D eigenvalue weighted by atomic mass is 9.93. The third kappa shape index (κ3) is 5.22. The molecule has 2 fully saturated rings. The first-order valence-electron chi connectivity index (χ1n) is 12.7. The number of rotatable bonds is 8. The molecule has 1 saturated carbocycles. The Bertz CT molecular complexity index is 1500. The number of β-amino-alcohol motifs (C(OH)–C–C–N with tert-alkyl or cyclic N) is 1. The highest BCUT2D eigenvalue weighted by Crippen LogP contribution is 2.46. The van der Waals surface area contributed by atoms with Gasteiger partial charge in [-0.15, -0.1) is 0 Å². The number of hydrogen-bond donors (Lipinski definition) is 2. The topological polar surface area (TPSA) is 91.9 Å². The lowest BCUT2D eigenvalue weighted by molar-refractivity contribution is 0.0607. The summed E-state index contributed by atoms with van der Waals surface area (Å²) >= 11 is 19.6. The summed E-state index contributed by atoms with van der Waals surface area (Å²) in [7, 11) is 0. The minimum absolute atomic E-state index is 0.0646. The maximum atomic E-state index is 11.5. The van der Waals surface area contributed by atoms with Gasteiger partial charge >= 0.3 is 0 Å². The molecule has 1 saturated heterocycles. The van der Waals surface area contributed by atoms with Gasteiger partial charge in [-0.25, -0.2) is 4.98 Å². The molecular formula is C29H26Cl3N3O4. The Morgan fingerprint density at radius 3 is 2.56 bits per heavy atom. The van der Waals surface area contributed by atoms with Gasteiger partial charge in [0.15, 0.2) is 0 Å². The fourth-order valence-corrected chi connectivity index (χ4v) is 6.03. The molecule has 2 N–H and O–H groups in total. The predicted octanol–water partition coefficient (Wildman–Crippen LogP) is 6.74. The summed E-state index contributed by atoms with van der Waals surface area (Å²) in [6.45, 7) is 1.08. The number of nitrogens with zero attached hydrogens (tertiary/aromatic N) is 3. The molecule has 0 radical (unpaired) electrons. The minimum atomic E-state index is -1.14. The summed E-state index contributed by atoms with van der Waals surface area (Å²) in [6, 6.07) is 14.2. The molecule has 1 atom stereocenters. The minimum Gasteiger partial charge on any atom is -0.489 e. The molecule has 7 nitrogen and oxygen atoms in total. The number of pyridine rings is 1. The molecule has 4 aromatic rings. The number of aliphatic hydroxyl groups is 2. The maximum Gasteiger partial charge on any atom is 0.147 e. The molecule has 6 rings (SSSR count). The van der Waals surface area contributed by atoms with Gasteiger partial charge in [-0.2, -0.15) is 0 Å². The van der Waals surface area contributed by atoms with Crippen LogP contribution in [0, 0.1) is 0 Å². The van der Waals surface area contributed by atoms with Gasteiger partial charge < -0.3 is 24.4 Å². The number of halogens is 3. The van der Waals surface area contributed by atoms with Crippen LogP contribution in [0.15, 0.2) is 59.3 Å². The summed E-state index contributed by atoms with van der Waals surface area (Å²) in [4.78, 5) is 6.39. The van der Waals surface area contributed by atoms with Crippen molar-refractivity contribution in [3.63, 3.8) is 0 Å². The highest BCUT2D eigenvalue weighted by Gasteiger charge is 2.40. The molecule has 0 amide bonds. The first-order chi connectivity index (χ1) is 18.9. The summed E-state index contributed by atoms with van der Waals surface area (Å²) in [5.74, 6) is 2.37. The Kier molecular flexibility index (Phi) is 7.20. The van der Waals surface area contributed by atoms with Crippen molar-refractivity contribution in [3.05, 3.63) is 92.2 Å². The van der Waals surface area contributed by atoms with E-state index in [-0.39, 0.29) is 13.2 Å². The number of anilines is 1. The number of benzene rings is 2. The molecule has 202 valence electrons. The number of hydrogen-bond acceptors (Lipinski definition) is 7. The summed E-state index contributed by atoms with van der Waals surface area (Å²) < 4.78 is 11.9. The quantitative estimate of drug-likeness (QED) is 0.236. The van der Waals surface area contributed by atoms with Gasteiger partial charge in [-0.1, -0.05) is 52.1 Å². The predicted molar refractivity (Wildman–Crippen MR) is 151 cm³/mol. The third-order valence-electron chi connectivity index (χ3n) is 7.36. The van der Waals surface area contributed by atoms with E-state index in [0.717, 1.165) is 29.7 Å². The number of aliphatic hydroxyl groups excluding tert-OH is 1. The Hall–Kier alpha value is -2.81. The van der Waals surface area contributed by atoms with Crippen LogP contribution in [0.3, 0.4) is 0 Å². The average Bonchev–Trinajstić information content (AvgIpc) is 3.57. The van der Waals surface area contributed by atoms with Gasteiger partial charge in [0, 0.05) is 29.8 Å². The van der Waals surface area contributed by atoms with Gasteiger partial charge in [0.2, 0.25) is 0 Å². The zero-order valence-corrected chi connectivity index (χ0v) is 23.2. The molecule has 2 aromatic heterocycles. The first kappa shape index (κ1) is 26.4. The third-order valence-corrected chi connectivity index (χ3v) is 8.30. The van der Waals surface area contributed by atoms with Crippen molar-refractivity contribution >= 4 is 40.6 Å². The monoisotopic (exact) mass is 585 g/mol.